The number of carbonyl (C=O) groups excluding carboxylic acids is 1. The fraction of sp³-hybridized carbons (Fsp3) is 0.462. The summed E-state index contributed by atoms with van der Waals surface area (Å²) in [4.78, 5) is 11.8. The fourth-order valence-electron chi connectivity index (χ4n) is 1.54. The highest BCUT2D eigenvalue weighted by molar-refractivity contribution is 9.09. The molecular weight excluding hydrogens is 337 g/mol. The first-order valence-corrected chi connectivity index (χ1v) is 7.82. The van der Waals surface area contributed by atoms with Crippen molar-refractivity contribution in [3.8, 4) is 0 Å². The van der Waals surface area contributed by atoms with E-state index < -0.39 is 0 Å². The summed E-state index contributed by atoms with van der Waals surface area (Å²) in [5.74, 6) is -0.142. The van der Waals surface area contributed by atoms with E-state index in [2.05, 4.69) is 21.2 Å². The van der Waals surface area contributed by atoms with Crippen LogP contribution in [0.1, 0.15) is 36.0 Å². The van der Waals surface area contributed by atoms with Gasteiger partial charge in [0.25, 0.3) is 5.91 Å². The molecule has 1 aromatic rings. The van der Waals surface area contributed by atoms with Crippen LogP contribution in [0, 0.1) is 0 Å². The minimum atomic E-state index is -0.142. The predicted molar refractivity (Wildman–Crippen MR) is 81.1 cm³/mol. The molecule has 0 heterocycles. The maximum absolute atomic E-state index is 11.8. The normalized spacial score (nSPS) is 10.4. The second-order valence-electron chi connectivity index (χ2n) is 3.98. The Balaban J connectivity index is 2.32. The van der Waals surface area contributed by atoms with Crippen LogP contribution in [0.5, 0.6) is 0 Å². The summed E-state index contributed by atoms with van der Waals surface area (Å²) >= 11 is 15.1. The SMILES string of the molecule is O=C(NCCCCCCBr)c1ccc(Cl)cc1Cl. The summed E-state index contributed by atoms with van der Waals surface area (Å²) in [5.41, 5.74) is 0.474. The van der Waals surface area contributed by atoms with Crippen LogP contribution >= 0.6 is 39.1 Å². The number of halogens is 3. The Kier molecular flexibility index (Phi) is 7.71. The van der Waals surface area contributed by atoms with Crippen molar-refractivity contribution in [3.05, 3.63) is 33.8 Å². The van der Waals surface area contributed by atoms with E-state index in [1.807, 2.05) is 0 Å². The maximum atomic E-state index is 11.8. The van der Waals surface area contributed by atoms with Crippen LogP contribution in [0.2, 0.25) is 10.0 Å². The molecule has 1 amide bonds. The molecular formula is C13H16BrCl2NO. The van der Waals surface area contributed by atoms with Crippen molar-refractivity contribution in [3.63, 3.8) is 0 Å². The van der Waals surface area contributed by atoms with Crippen LogP contribution in [0.25, 0.3) is 0 Å². The third kappa shape index (κ3) is 5.59. The van der Waals surface area contributed by atoms with E-state index in [9.17, 15) is 4.79 Å². The molecule has 100 valence electrons. The molecule has 0 saturated heterocycles. The van der Waals surface area contributed by atoms with Crippen molar-refractivity contribution < 1.29 is 4.79 Å². The highest BCUT2D eigenvalue weighted by Crippen LogP contribution is 2.20. The molecule has 2 nitrogen and oxygen atoms in total. The number of rotatable bonds is 7. The molecule has 5 heteroatoms. The second kappa shape index (κ2) is 8.78. The maximum Gasteiger partial charge on any atom is 0.252 e. The van der Waals surface area contributed by atoms with Crippen molar-refractivity contribution in [1.29, 1.82) is 0 Å². The lowest BCUT2D eigenvalue weighted by atomic mass is 10.2. The van der Waals surface area contributed by atoms with E-state index in [1.54, 1.807) is 18.2 Å². The van der Waals surface area contributed by atoms with Gasteiger partial charge in [-0.15, -0.1) is 0 Å². The average Bonchev–Trinajstić information content (AvgIpc) is 2.33. The first-order valence-electron chi connectivity index (χ1n) is 5.94. The van der Waals surface area contributed by atoms with Crippen molar-refractivity contribution in [2.24, 2.45) is 0 Å². The van der Waals surface area contributed by atoms with Gasteiger partial charge in [-0.3, -0.25) is 4.79 Å². The summed E-state index contributed by atoms with van der Waals surface area (Å²) in [6.45, 7) is 0.681. The van der Waals surface area contributed by atoms with Crippen LogP contribution in [0.3, 0.4) is 0 Å². The number of carbonyl (C=O) groups is 1. The van der Waals surface area contributed by atoms with Gasteiger partial charge in [-0.2, -0.15) is 0 Å². The molecule has 0 radical (unpaired) electrons. The Labute approximate surface area is 126 Å². The van der Waals surface area contributed by atoms with Gasteiger partial charge in [0.15, 0.2) is 0 Å². The summed E-state index contributed by atoms with van der Waals surface area (Å²) in [6, 6.07) is 4.89. The Morgan fingerprint density at radius 2 is 1.89 bits per heavy atom. The lowest BCUT2D eigenvalue weighted by Crippen LogP contribution is -2.24. The smallest absolute Gasteiger partial charge is 0.252 e. The molecule has 1 N–H and O–H groups in total. The zero-order valence-corrected chi connectivity index (χ0v) is 13.1. The molecule has 0 saturated carbocycles. The van der Waals surface area contributed by atoms with Crippen molar-refractivity contribution in [1.82, 2.24) is 5.32 Å². The number of alkyl halides is 1. The van der Waals surface area contributed by atoms with Crippen LogP contribution in [-0.2, 0) is 0 Å². The molecule has 1 aromatic carbocycles. The molecule has 0 atom stereocenters. The number of nitrogens with one attached hydrogen (secondary N) is 1. The monoisotopic (exact) mass is 351 g/mol. The standard InChI is InChI=1S/C13H16BrCl2NO/c14-7-3-1-2-4-8-17-13(18)11-6-5-10(15)9-12(11)16/h5-6,9H,1-4,7-8H2,(H,17,18). The Morgan fingerprint density at radius 3 is 2.56 bits per heavy atom. The van der Waals surface area contributed by atoms with Gasteiger partial charge >= 0.3 is 0 Å². The lowest BCUT2D eigenvalue weighted by Gasteiger charge is -2.06. The Morgan fingerprint density at radius 1 is 1.17 bits per heavy atom. The third-order valence-electron chi connectivity index (χ3n) is 2.52. The Hall–Kier alpha value is -0.250. The number of hydrogen-bond donors (Lipinski definition) is 1. The van der Waals surface area contributed by atoms with E-state index in [4.69, 9.17) is 23.2 Å². The minimum Gasteiger partial charge on any atom is -0.352 e. The van der Waals surface area contributed by atoms with Crippen LogP contribution < -0.4 is 5.32 Å². The zero-order valence-electron chi connectivity index (χ0n) is 10.0. The van der Waals surface area contributed by atoms with Gasteiger partial charge in [0, 0.05) is 16.9 Å². The molecule has 0 aliphatic carbocycles. The van der Waals surface area contributed by atoms with Crippen molar-refractivity contribution in [2.45, 2.75) is 25.7 Å². The molecule has 18 heavy (non-hydrogen) atoms. The fourth-order valence-corrected chi connectivity index (χ4v) is 2.43. The molecule has 0 aliphatic heterocycles. The zero-order chi connectivity index (χ0) is 13.4. The van der Waals surface area contributed by atoms with Gasteiger partial charge < -0.3 is 5.32 Å². The molecule has 0 aliphatic rings. The summed E-state index contributed by atoms with van der Waals surface area (Å²) < 4.78 is 0. The van der Waals surface area contributed by atoms with Gasteiger partial charge in [-0.25, -0.2) is 0 Å². The quantitative estimate of drug-likeness (QED) is 0.560. The van der Waals surface area contributed by atoms with E-state index in [0.717, 1.165) is 18.2 Å². The highest BCUT2D eigenvalue weighted by Gasteiger charge is 2.09. The van der Waals surface area contributed by atoms with Gasteiger partial charge in [0.05, 0.1) is 10.6 Å². The molecule has 0 unspecified atom stereocenters. The summed E-state index contributed by atoms with van der Waals surface area (Å²) in [7, 11) is 0. The number of unbranched alkanes of at least 4 members (excludes halogenated alkanes) is 3. The number of amides is 1. The topological polar surface area (TPSA) is 29.1 Å². The summed E-state index contributed by atoms with van der Waals surface area (Å²) in [6.07, 6.45) is 4.48. The van der Waals surface area contributed by atoms with Crippen LogP contribution in [0.4, 0.5) is 0 Å². The molecule has 0 spiro atoms. The molecule has 0 bridgehead atoms. The van der Waals surface area contributed by atoms with Gasteiger partial charge in [0.2, 0.25) is 0 Å². The lowest BCUT2D eigenvalue weighted by molar-refractivity contribution is 0.0953. The van der Waals surface area contributed by atoms with Gasteiger partial charge in [-0.05, 0) is 31.0 Å². The largest absolute Gasteiger partial charge is 0.352 e. The van der Waals surface area contributed by atoms with E-state index >= 15 is 0 Å². The van der Waals surface area contributed by atoms with E-state index in [-0.39, 0.29) is 5.91 Å². The summed E-state index contributed by atoms with van der Waals surface area (Å²) in [5, 5.41) is 4.82. The second-order valence-corrected chi connectivity index (χ2v) is 5.62. The highest BCUT2D eigenvalue weighted by atomic mass is 79.9. The van der Waals surface area contributed by atoms with Crippen molar-refractivity contribution >= 4 is 45.0 Å². The van der Waals surface area contributed by atoms with Gasteiger partial charge in [-0.1, -0.05) is 52.0 Å². The third-order valence-corrected chi connectivity index (χ3v) is 3.63. The van der Waals surface area contributed by atoms with Crippen molar-refractivity contribution in [2.75, 3.05) is 11.9 Å². The van der Waals surface area contributed by atoms with Crippen LogP contribution in [-0.4, -0.2) is 17.8 Å². The molecule has 0 aromatic heterocycles. The molecule has 1 rings (SSSR count). The number of hydrogen-bond acceptors (Lipinski definition) is 1. The first-order chi connectivity index (χ1) is 8.65. The Bertz CT molecular complexity index is 399. The minimum absolute atomic E-state index is 0.142. The molecule has 0 fully saturated rings. The van der Waals surface area contributed by atoms with E-state index in [1.165, 1.54) is 12.8 Å². The van der Waals surface area contributed by atoms with Gasteiger partial charge in [0.1, 0.15) is 0 Å². The first kappa shape index (κ1) is 15.8. The predicted octanol–water partition coefficient (Wildman–Crippen LogP) is 4.68. The average molecular weight is 353 g/mol. The van der Waals surface area contributed by atoms with E-state index in [0.29, 0.717) is 22.2 Å². The van der Waals surface area contributed by atoms with Crippen LogP contribution in [0.15, 0.2) is 18.2 Å². The number of benzene rings is 1.